The first-order chi connectivity index (χ1) is 23.2. The van der Waals surface area contributed by atoms with Crippen molar-refractivity contribution >= 4 is 5.71 Å². The molecule has 0 amide bonds. The van der Waals surface area contributed by atoms with E-state index in [1.807, 2.05) is 72.8 Å². The van der Waals surface area contributed by atoms with E-state index in [-0.39, 0.29) is 11.8 Å². The van der Waals surface area contributed by atoms with Gasteiger partial charge >= 0.3 is 0 Å². The zero-order chi connectivity index (χ0) is 32.1. The lowest BCUT2D eigenvalue weighted by Gasteiger charge is -2.23. The molecule has 0 fully saturated rings. The Balaban J connectivity index is 1.20. The third kappa shape index (κ3) is 8.77. The maximum Gasteiger partial charge on any atom is 0.119 e. The van der Waals surface area contributed by atoms with E-state index < -0.39 is 0 Å². The lowest BCUT2D eigenvalue weighted by atomic mass is 9.82. The number of oxime groups is 1. The molecule has 0 heterocycles. The fourth-order valence-electron chi connectivity index (χ4n) is 5.94. The molecule has 2 atom stereocenters. The van der Waals surface area contributed by atoms with Crippen LogP contribution in [0.4, 0.5) is 0 Å². The van der Waals surface area contributed by atoms with Crippen LogP contribution in [0.25, 0.3) is 0 Å². The molecule has 47 heavy (non-hydrogen) atoms. The van der Waals surface area contributed by atoms with Gasteiger partial charge in [0.15, 0.2) is 0 Å². The van der Waals surface area contributed by atoms with E-state index in [2.05, 4.69) is 102 Å². The molecular formula is C43H39NO3. The van der Waals surface area contributed by atoms with Crippen molar-refractivity contribution in [2.24, 2.45) is 5.16 Å². The standard InChI is InChI=1S/C43H39NO3/c45-44-39(29-42(35-17-9-3-10-18-35)37-21-25-40(26-22-37)46-31-33-13-5-1-6-14-33)30-43(36-19-11-4-12-20-36)38-23-27-41(28-24-38)47-32-34-15-7-2-8-16-34/h1-28,42-43,45H,29-32H2. The van der Waals surface area contributed by atoms with E-state index in [1.165, 1.54) is 11.1 Å². The van der Waals surface area contributed by atoms with Crippen LogP contribution in [-0.4, -0.2) is 10.9 Å². The number of hydrogen-bond acceptors (Lipinski definition) is 4. The van der Waals surface area contributed by atoms with Crippen molar-refractivity contribution in [3.63, 3.8) is 0 Å². The summed E-state index contributed by atoms with van der Waals surface area (Å²) < 4.78 is 12.1. The molecule has 0 spiro atoms. The topological polar surface area (TPSA) is 51.1 Å². The summed E-state index contributed by atoms with van der Waals surface area (Å²) in [6.45, 7) is 1.04. The van der Waals surface area contributed by atoms with Gasteiger partial charge in [-0.2, -0.15) is 0 Å². The first-order valence-electron chi connectivity index (χ1n) is 16.1. The van der Waals surface area contributed by atoms with Gasteiger partial charge in [-0.1, -0.05) is 151 Å². The molecule has 0 aliphatic heterocycles. The Labute approximate surface area is 277 Å². The second-order valence-electron chi connectivity index (χ2n) is 11.7. The van der Waals surface area contributed by atoms with Crippen molar-refractivity contribution in [2.45, 2.75) is 37.9 Å². The van der Waals surface area contributed by atoms with Gasteiger partial charge in [-0.3, -0.25) is 0 Å². The van der Waals surface area contributed by atoms with E-state index in [0.29, 0.717) is 26.1 Å². The van der Waals surface area contributed by atoms with E-state index in [9.17, 15) is 5.21 Å². The first-order valence-corrected chi connectivity index (χ1v) is 16.1. The Kier molecular flexibility index (Phi) is 10.7. The highest BCUT2D eigenvalue weighted by atomic mass is 16.5. The van der Waals surface area contributed by atoms with Crippen LogP contribution in [0, 0.1) is 0 Å². The highest BCUT2D eigenvalue weighted by molar-refractivity contribution is 5.86. The third-order valence-corrected chi connectivity index (χ3v) is 8.49. The van der Waals surface area contributed by atoms with Gasteiger partial charge in [0.05, 0.1) is 5.71 Å². The monoisotopic (exact) mass is 617 g/mol. The molecule has 2 unspecified atom stereocenters. The maximum absolute atomic E-state index is 10.4. The van der Waals surface area contributed by atoms with Gasteiger partial charge in [0.1, 0.15) is 24.7 Å². The zero-order valence-electron chi connectivity index (χ0n) is 26.4. The molecule has 4 nitrogen and oxygen atoms in total. The molecular weight excluding hydrogens is 578 g/mol. The predicted molar refractivity (Wildman–Crippen MR) is 189 cm³/mol. The average molecular weight is 618 g/mol. The van der Waals surface area contributed by atoms with Crippen molar-refractivity contribution < 1.29 is 14.7 Å². The second-order valence-corrected chi connectivity index (χ2v) is 11.7. The number of hydrogen-bond donors (Lipinski definition) is 1. The molecule has 0 saturated carbocycles. The average Bonchev–Trinajstić information content (AvgIpc) is 3.15. The summed E-state index contributed by atoms with van der Waals surface area (Å²) in [5.41, 5.74) is 7.61. The lowest BCUT2D eigenvalue weighted by Crippen LogP contribution is -2.14. The number of rotatable bonds is 14. The van der Waals surface area contributed by atoms with Gasteiger partial charge in [-0.05, 0) is 70.5 Å². The lowest BCUT2D eigenvalue weighted by molar-refractivity contribution is 0.306. The summed E-state index contributed by atoms with van der Waals surface area (Å²) in [6, 6.07) is 57.8. The minimum atomic E-state index is 0.00968. The number of ether oxygens (including phenoxy) is 2. The van der Waals surface area contributed by atoms with Crippen LogP contribution >= 0.6 is 0 Å². The molecule has 4 heteroatoms. The summed E-state index contributed by atoms with van der Waals surface area (Å²) in [5, 5.41) is 14.3. The quantitative estimate of drug-likeness (QED) is 0.0752. The molecule has 1 N–H and O–H groups in total. The van der Waals surface area contributed by atoms with E-state index in [4.69, 9.17) is 9.47 Å². The Hall–Kier alpha value is -5.61. The summed E-state index contributed by atoms with van der Waals surface area (Å²) >= 11 is 0. The normalized spacial score (nSPS) is 12.1. The van der Waals surface area contributed by atoms with E-state index in [0.717, 1.165) is 39.5 Å². The van der Waals surface area contributed by atoms with Crippen molar-refractivity contribution in [1.29, 1.82) is 0 Å². The van der Waals surface area contributed by atoms with Crippen LogP contribution in [0.2, 0.25) is 0 Å². The van der Waals surface area contributed by atoms with Crippen LogP contribution in [0.3, 0.4) is 0 Å². The Bertz CT molecular complexity index is 1670. The van der Waals surface area contributed by atoms with Crippen molar-refractivity contribution in [3.8, 4) is 11.5 Å². The Morgan fingerprint density at radius 3 is 1.09 bits per heavy atom. The van der Waals surface area contributed by atoms with Gasteiger partial charge in [0, 0.05) is 11.8 Å². The molecule has 0 aliphatic carbocycles. The molecule has 0 saturated heterocycles. The molecule has 0 bridgehead atoms. The van der Waals surface area contributed by atoms with E-state index in [1.54, 1.807) is 0 Å². The van der Waals surface area contributed by atoms with Crippen LogP contribution in [-0.2, 0) is 13.2 Å². The highest BCUT2D eigenvalue weighted by Gasteiger charge is 2.23. The molecule has 234 valence electrons. The summed E-state index contributed by atoms with van der Waals surface area (Å²) in [6.07, 6.45) is 1.15. The van der Waals surface area contributed by atoms with Gasteiger partial charge in [0.25, 0.3) is 0 Å². The number of nitrogens with zero attached hydrogens (tertiary/aromatic N) is 1. The fourth-order valence-corrected chi connectivity index (χ4v) is 5.94. The first kappa shape index (κ1) is 31.4. The fraction of sp³-hybridized carbons (Fsp3) is 0.140. The number of benzene rings is 6. The van der Waals surface area contributed by atoms with Crippen molar-refractivity contribution in [3.05, 3.63) is 203 Å². The van der Waals surface area contributed by atoms with Crippen LogP contribution in [0.5, 0.6) is 11.5 Å². The van der Waals surface area contributed by atoms with Crippen molar-refractivity contribution in [1.82, 2.24) is 0 Å². The third-order valence-electron chi connectivity index (χ3n) is 8.49. The van der Waals surface area contributed by atoms with Gasteiger partial charge in [-0.25, -0.2) is 0 Å². The van der Waals surface area contributed by atoms with Gasteiger partial charge < -0.3 is 14.7 Å². The summed E-state index contributed by atoms with van der Waals surface area (Å²) in [7, 11) is 0. The molecule has 0 aliphatic rings. The Morgan fingerprint density at radius 2 is 0.745 bits per heavy atom. The molecule has 6 rings (SSSR count). The molecule has 6 aromatic carbocycles. The smallest absolute Gasteiger partial charge is 0.119 e. The molecule has 0 radical (unpaired) electrons. The minimum absolute atomic E-state index is 0.00968. The minimum Gasteiger partial charge on any atom is -0.489 e. The highest BCUT2D eigenvalue weighted by Crippen LogP contribution is 2.35. The predicted octanol–water partition coefficient (Wildman–Crippen LogP) is 10.4. The van der Waals surface area contributed by atoms with Crippen LogP contribution in [0.1, 0.15) is 58.1 Å². The van der Waals surface area contributed by atoms with Crippen molar-refractivity contribution in [2.75, 3.05) is 0 Å². The molecule has 6 aromatic rings. The summed E-state index contributed by atoms with van der Waals surface area (Å²) in [4.78, 5) is 0. The molecule has 0 aromatic heterocycles. The van der Waals surface area contributed by atoms with E-state index >= 15 is 0 Å². The van der Waals surface area contributed by atoms with Crippen LogP contribution in [0.15, 0.2) is 175 Å². The van der Waals surface area contributed by atoms with Gasteiger partial charge in [0.2, 0.25) is 0 Å². The summed E-state index contributed by atoms with van der Waals surface area (Å²) in [5.74, 6) is 1.66. The second kappa shape index (κ2) is 16.1. The van der Waals surface area contributed by atoms with Gasteiger partial charge in [-0.15, -0.1) is 0 Å². The zero-order valence-corrected chi connectivity index (χ0v) is 26.4. The SMILES string of the molecule is ON=C(CC(c1ccccc1)c1ccc(OCc2ccccc2)cc1)CC(c1ccccc1)c1ccc(OCc2ccccc2)cc1. The Morgan fingerprint density at radius 1 is 0.426 bits per heavy atom. The maximum atomic E-state index is 10.4. The van der Waals surface area contributed by atoms with Crippen LogP contribution < -0.4 is 9.47 Å². The largest absolute Gasteiger partial charge is 0.489 e.